The Kier molecular flexibility index (Phi) is 6.25. The van der Waals surface area contributed by atoms with Crippen LogP contribution >= 0.6 is 0 Å². The third-order valence-electron chi connectivity index (χ3n) is 5.64. The molecule has 10 heteroatoms. The lowest BCUT2D eigenvalue weighted by molar-refractivity contribution is -0.384. The smallest absolute Gasteiger partial charge is 0.350 e. The maximum Gasteiger partial charge on any atom is 0.350 e. The minimum atomic E-state index is -2.08. The number of nitro benzene ring substituents is 1. The third-order valence-corrected chi connectivity index (χ3v) is 5.64. The number of hydrogen-bond acceptors (Lipinski definition) is 7. The quantitative estimate of drug-likeness (QED) is 0.290. The van der Waals surface area contributed by atoms with Gasteiger partial charge in [-0.05, 0) is 54.4 Å². The second-order valence-corrected chi connectivity index (χ2v) is 7.66. The number of halogens is 2. The molecule has 0 radical (unpaired) electrons. The number of rotatable bonds is 6. The van der Waals surface area contributed by atoms with Crippen LogP contribution in [0.15, 0.2) is 77.9 Å². The molecule has 0 spiro atoms. The van der Waals surface area contributed by atoms with Gasteiger partial charge in [-0.1, -0.05) is 24.3 Å². The van der Waals surface area contributed by atoms with E-state index in [1.165, 1.54) is 72.8 Å². The molecule has 2 atom stereocenters. The van der Waals surface area contributed by atoms with E-state index >= 15 is 0 Å². The Hall–Kier alpha value is -4.65. The van der Waals surface area contributed by atoms with Gasteiger partial charge in [-0.25, -0.2) is 18.6 Å². The van der Waals surface area contributed by atoms with Crippen molar-refractivity contribution >= 4 is 23.1 Å². The van der Waals surface area contributed by atoms with Crippen molar-refractivity contribution in [3.8, 4) is 6.07 Å². The molecule has 0 saturated heterocycles. The average molecular weight is 476 g/mol. The maximum atomic E-state index is 13.7. The van der Waals surface area contributed by atoms with Crippen LogP contribution in [0, 0.1) is 33.1 Å². The molecular formula is C25H18F2N4O4. The summed E-state index contributed by atoms with van der Waals surface area (Å²) >= 11 is 0. The normalized spacial score (nSPS) is 19.1. The number of ether oxygens (including phenoxy) is 1. The number of carbonyl (C=O) groups is 1. The monoisotopic (exact) mass is 476 g/mol. The Labute approximate surface area is 198 Å². The van der Waals surface area contributed by atoms with Gasteiger partial charge in [0, 0.05) is 12.1 Å². The van der Waals surface area contributed by atoms with Crippen molar-refractivity contribution in [2.75, 3.05) is 11.6 Å². The van der Waals surface area contributed by atoms with E-state index in [1.54, 1.807) is 6.92 Å². The van der Waals surface area contributed by atoms with Gasteiger partial charge in [0.2, 0.25) is 0 Å². The molecule has 4 rings (SSSR count). The number of nitrogens with zero attached hydrogens (tertiary/aromatic N) is 4. The van der Waals surface area contributed by atoms with Gasteiger partial charge in [0.05, 0.1) is 28.8 Å². The van der Waals surface area contributed by atoms with Crippen molar-refractivity contribution in [3.05, 3.63) is 106 Å². The molecule has 8 nitrogen and oxygen atoms in total. The number of esters is 1. The molecule has 0 aromatic heterocycles. The highest BCUT2D eigenvalue weighted by atomic mass is 19.1. The Balaban J connectivity index is 1.99. The molecule has 1 heterocycles. The minimum absolute atomic E-state index is 0.0294. The molecule has 2 unspecified atom stereocenters. The van der Waals surface area contributed by atoms with Gasteiger partial charge in [-0.15, -0.1) is 0 Å². The number of anilines is 1. The van der Waals surface area contributed by atoms with Gasteiger partial charge in [0.1, 0.15) is 17.7 Å². The van der Waals surface area contributed by atoms with Gasteiger partial charge in [-0.2, -0.15) is 10.4 Å². The summed E-state index contributed by atoms with van der Waals surface area (Å²) in [6.07, 6.45) is 0. The number of non-ortho nitro benzene ring substituents is 1. The first-order valence-electron chi connectivity index (χ1n) is 10.5. The highest BCUT2D eigenvalue weighted by Gasteiger charge is 2.60. The Morgan fingerprint density at radius 3 is 2.17 bits per heavy atom. The topological polar surface area (TPSA) is 109 Å². The molecule has 0 aliphatic carbocycles. The minimum Gasteiger partial charge on any atom is -0.463 e. The molecule has 35 heavy (non-hydrogen) atoms. The first kappa shape index (κ1) is 23.5. The predicted octanol–water partition coefficient (Wildman–Crippen LogP) is 4.71. The van der Waals surface area contributed by atoms with E-state index in [9.17, 15) is 29.0 Å². The number of nitro groups is 1. The number of hydrazone groups is 1. The van der Waals surface area contributed by atoms with Crippen molar-refractivity contribution in [2.24, 2.45) is 5.10 Å². The molecule has 1 aliphatic rings. The van der Waals surface area contributed by atoms with Crippen molar-refractivity contribution in [1.82, 2.24) is 0 Å². The van der Waals surface area contributed by atoms with Gasteiger partial charge in [-0.3, -0.25) is 10.1 Å². The van der Waals surface area contributed by atoms with Gasteiger partial charge >= 0.3 is 5.97 Å². The maximum absolute atomic E-state index is 13.7. The van der Waals surface area contributed by atoms with Crippen LogP contribution in [0.5, 0.6) is 0 Å². The highest BCUT2D eigenvalue weighted by Crippen LogP contribution is 2.45. The standard InChI is InChI=1S/C25H18F2N4O4/c1-2-35-24(32)25(15-28)22(16-3-7-18(26)8-4-16)23(17-5-9-19(27)10-6-17)29-30(25)20-11-13-21(14-12-20)31(33)34/h3-14,22H,2H2,1H3. The Bertz CT molecular complexity index is 1340. The Morgan fingerprint density at radius 2 is 1.66 bits per heavy atom. The van der Waals surface area contributed by atoms with E-state index in [2.05, 4.69) is 11.2 Å². The molecule has 1 aliphatic heterocycles. The molecule has 0 bridgehead atoms. The van der Waals surface area contributed by atoms with E-state index in [4.69, 9.17) is 4.74 Å². The summed E-state index contributed by atoms with van der Waals surface area (Å²) in [5, 5.41) is 27.3. The summed E-state index contributed by atoms with van der Waals surface area (Å²) in [6.45, 7) is 1.56. The fraction of sp³-hybridized carbons (Fsp3) is 0.160. The van der Waals surface area contributed by atoms with Crippen molar-refractivity contribution in [3.63, 3.8) is 0 Å². The van der Waals surface area contributed by atoms with Crippen LogP contribution in [0.2, 0.25) is 0 Å². The lowest BCUT2D eigenvalue weighted by atomic mass is 9.75. The van der Waals surface area contributed by atoms with Crippen molar-refractivity contribution in [1.29, 1.82) is 5.26 Å². The van der Waals surface area contributed by atoms with Crippen molar-refractivity contribution in [2.45, 2.75) is 18.4 Å². The second kappa shape index (κ2) is 9.30. The molecule has 0 fully saturated rings. The highest BCUT2D eigenvalue weighted by molar-refractivity contribution is 6.14. The summed E-state index contributed by atoms with van der Waals surface area (Å²) < 4.78 is 32.7. The summed E-state index contributed by atoms with van der Waals surface area (Å²) in [7, 11) is 0. The number of hydrogen-bond donors (Lipinski definition) is 0. The van der Waals surface area contributed by atoms with Gasteiger partial charge in [0.25, 0.3) is 11.2 Å². The summed E-state index contributed by atoms with van der Waals surface area (Å²) in [5.74, 6) is -2.98. The molecule has 0 N–H and O–H groups in total. The number of nitriles is 1. The predicted molar refractivity (Wildman–Crippen MR) is 123 cm³/mol. The van der Waals surface area contributed by atoms with E-state index < -0.39 is 34.0 Å². The van der Waals surface area contributed by atoms with Crippen LogP contribution in [0.1, 0.15) is 24.0 Å². The molecule has 0 amide bonds. The lowest BCUT2D eigenvalue weighted by Gasteiger charge is -2.34. The zero-order valence-corrected chi connectivity index (χ0v) is 18.4. The average Bonchev–Trinajstić information content (AvgIpc) is 3.21. The first-order chi connectivity index (χ1) is 16.8. The van der Waals surface area contributed by atoms with E-state index in [1.807, 2.05) is 0 Å². The summed E-state index contributed by atoms with van der Waals surface area (Å²) in [5.41, 5.74) is -0.987. The molecule has 3 aromatic carbocycles. The Morgan fingerprint density at radius 1 is 1.09 bits per heavy atom. The molecule has 3 aromatic rings. The van der Waals surface area contributed by atoms with E-state index in [-0.39, 0.29) is 23.7 Å². The fourth-order valence-corrected chi connectivity index (χ4v) is 4.04. The van der Waals surface area contributed by atoms with Crippen molar-refractivity contribution < 1.29 is 23.2 Å². The molecule has 176 valence electrons. The van der Waals surface area contributed by atoms with Gasteiger partial charge in [0.15, 0.2) is 0 Å². The van der Waals surface area contributed by atoms with Crippen LogP contribution in [-0.2, 0) is 9.53 Å². The van der Waals surface area contributed by atoms with Crippen LogP contribution in [0.3, 0.4) is 0 Å². The summed E-state index contributed by atoms with van der Waals surface area (Å²) in [4.78, 5) is 24.0. The SMILES string of the molecule is CCOC(=O)C1(C#N)C(c2ccc(F)cc2)C(c2ccc(F)cc2)=NN1c1ccc([N+](=O)[O-])cc1. The van der Waals surface area contributed by atoms with Gasteiger partial charge < -0.3 is 4.74 Å². The van der Waals surface area contributed by atoms with Crippen LogP contribution in [0.4, 0.5) is 20.2 Å². The first-order valence-corrected chi connectivity index (χ1v) is 10.5. The third kappa shape index (κ3) is 4.08. The largest absolute Gasteiger partial charge is 0.463 e. The zero-order valence-electron chi connectivity index (χ0n) is 18.4. The van der Waals surface area contributed by atoms with E-state index in [0.29, 0.717) is 11.1 Å². The van der Waals surface area contributed by atoms with E-state index in [0.717, 1.165) is 5.01 Å². The lowest BCUT2D eigenvalue weighted by Crippen LogP contribution is -2.54. The van der Waals surface area contributed by atoms with Crippen LogP contribution < -0.4 is 5.01 Å². The number of benzene rings is 3. The van der Waals surface area contributed by atoms with Crippen LogP contribution in [-0.4, -0.2) is 28.8 Å². The number of carbonyl (C=O) groups excluding carboxylic acids is 1. The molecule has 0 saturated carbocycles. The summed E-state index contributed by atoms with van der Waals surface area (Å²) in [6, 6.07) is 17.8. The zero-order chi connectivity index (χ0) is 25.2. The molecular weight excluding hydrogens is 458 g/mol. The second-order valence-electron chi connectivity index (χ2n) is 7.66. The fourth-order valence-electron chi connectivity index (χ4n) is 4.04. The van der Waals surface area contributed by atoms with Crippen LogP contribution in [0.25, 0.3) is 0 Å².